The Morgan fingerprint density at radius 1 is 1.27 bits per heavy atom. The first-order chi connectivity index (χ1) is 12.0. The van der Waals surface area contributed by atoms with Gasteiger partial charge in [-0.05, 0) is 37.3 Å². The van der Waals surface area contributed by atoms with Crippen LogP contribution in [0, 0.1) is 11.3 Å². The van der Waals surface area contributed by atoms with E-state index in [1.165, 1.54) is 6.92 Å². The molecule has 144 valence electrons. The maximum Gasteiger partial charge on any atom is 0.302 e. The molecule has 26 heavy (non-hydrogen) atoms. The average molecular weight is 381 g/mol. The van der Waals surface area contributed by atoms with Crippen molar-refractivity contribution >= 4 is 15.8 Å². The number of aliphatic hydroxyl groups is 1. The molecule has 0 amide bonds. The highest BCUT2D eigenvalue weighted by molar-refractivity contribution is 7.91. The van der Waals surface area contributed by atoms with E-state index in [4.69, 9.17) is 4.74 Å². The molecule has 1 N–H and O–H groups in total. The van der Waals surface area contributed by atoms with Gasteiger partial charge in [-0.2, -0.15) is 0 Å². The summed E-state index contributed by atoms with van der Waals surface area (Å²) in [5.41, 5.74) is -0.487. The summed E-state index contributed by atoms with van der Waals surface area (Å²) in [6, 6.07) is 8.37. The number of hydrogen-bond donors (Lipinski definition) is 1. The number of esters is 1. The molecule has 2 rings (SSSR count). The van der Waals surface area contributed by atoms with Gasteiger partial charge in [0.15, 0.2) is 9.84 Å². The van der Waals surface area contributed by atoms with Crippen LogP contribution in [-0.2, 0) is 19.4 Å². The fraction of sp³-hybridized carbons (Fsp3) is 0.550. The first-order valence-corrected chi connectivity index (χ1v) is 10.4. The number of sulfone groups is 1. The predicted octanol–water partition coefficient (Wildman–Crippen LogP) is 3.14. The fourth-order valence-corrected chi connectivity index (χ4v) is 4.96. The van der Waals surface area contributed by atoms with Gasteiger partial charge in [-0.15, -0.1) is 0 Å². The summed E-state index contributed by atoms with van der Waals surface area (Å²) in [6.07, 6.45) is 2.87. The largest absolute Gasteiger partial charge is 0.465 e. The maximum atomic E-state index is 12.5. The van der Waals surface area contributed by atoms with E-state index >= 15 is 0 Å². The summed E-state index contributed by atoms with van der Waals surface area (Å²) in [5, 5.41) is 10.8. The molecule has 0 aromatic heterocycles. The van der Waals surface area contributed by atoms with Crippen LogP contribution in [0.4, 0.5) is 0 Å². The van der Waals surface area contributed by atoms with Crippen LogP contribution in [0.5, 0.6) is 0 Å². The van der Waals surface area contributed by atoms with E-state index in [1.807, 2.05) is 13.8 Å². The highest BCUT2D eigenvalue weighted by Crippen LogP contribution is 2.49. The number of allylic oxidation sites excluding steroid dienone is 1. The second-order valence-corrected chi connectivity index (χ2v) is 9.79. The van der Waals surface area contributed by atoms with Crippen LogP contribution in [0.15, 0.2) is 46.9 Å². The number of rotatable bonds is 5. The zero-order valence-electron chi connectivity index (χ0n) is 15.9. The second-order valence-electron chi connectivity index (χ2n) is 7.76. The normalized spacial score (nSPS) is 27.3. The Labute approximate surface area is 156 Å². The zero-order chi connectivity index (χ0) is 19.6. The van der Waals surface area contributed by atoms with E-state index in [-0.39, 0.29) is 24.2 Å². The summed E-state index contributed by atoms with van der Waals surface area (Å²) in [6.45, 7) is 7.14. The van der Waals surface area contributed by atoms with Crippen molar-refractivity contribution in [2.45, 2.75) is 51.0 Å². The first kappa shape index (κ1) is 20.6. The van der Waals surface area contributed by atoms with Gasteiger partial charge in [0, 0.05) is 12.8 Å². The molecule has 0 radical (unpaired) electrons. The summed E-state index contributed by atoms with van der Waals surface area (Å²) in [5.74, 6) is -0.782. The van der Waals surface area contributed by atoms with Crippen molar-refractivity contribution in [3.8, 4) is 0 Å². The van der Waals surface area contributed by atoms with Crippen LogP contribution in [0.3, 0.4) is 0 Å². The Morgan fingerprint density at radius 2 is 1.88 bits per heavy atom. The lowest BCUT2D eigenvalue weighted by Crippen LogP contribution is -2.50. The number of benzene rings is 1. The standard InChI is InChI=1S/C20H28O5S/c1-15(21)25-14-18-19(2,3)16(10-12-20(18,4)22)11-13-26(23,24)17-8-6-5-7-9-17/h5-9,11,18,22H,10,12-14H2,1-4H3/b16-11+. The molecular formula is C20H28O5S. The Morgan fingerprint density at radius 3 is 2.46 bits per heavy atom. The third-order valence-electron chi connectivity index (χ3n) is 5.45. The predicted molar refractivity (Wildman–Crippen MR) is 100 cm³/mol. The molecule has 5 nitrogen and oxygen atoms in total. The molecule has 6 heteroatoms. The number of carbonyl (C=O) groups excluding carboxylic acids is 1. The van der Waals surface area contributed by atoms with Crippen molar-refractivity contribution in [3.05, 3.63) is 42.0 Å². The van der Waals surface area contributed by atoms with Gasteiger partial charge in [-0.3, -0.25) is 4.79 Å². The number of carbonyl (C=O) groups is 1. The van der Waals surface area contributed by atoms with E-state index in [2.05, 4.69) is 0 Å². The molecule has 1 aliphatic carbocycles. The van der Waals surface area contributed by atoms with Crippen molar-refractivity contribution in [3.63, 3.8) is 0 Å². The van der Waals surface area contributed by atoms with Crippen molar-refractivity contribution in [1.29, 1.82) is 0 Å². The lowest BCUT2D eigenvalue weighted by Gasteiger charge is -2.49. The Kier molecular flexibility index (Phi) is 5.98. The highest BCUT2D eigenvalue weighted by Gasteiger charge is 2.48. The maximum absolute atomic E-state index is 12.5. The summed E-state index contributed by atoms with van der Waals surface area (Å²) in [4.78, 5) is 11.5. The van der Waals surface area contributed by atoms with Crippen molar-refractivity contribution < 1.29 is 23.1 Å². The van der Waals surface area contributed by atoms with Gasteiger partial charge in [-0.1, -0.05) is 43.7 Å². The van der Waals surface area contributed by atoms with E-state index < -0.39 is 20.9 Å². The minimum atomic E-state index is -3.41. The van der Waals surface area contributed by atoms with Gasteiger partial charge in [0.2, 0.25) is 0 Å². The fourth-order valence-electron chi connectivity index (χ4n) is 3.77. The summed E-state index contributed by atoms with van der Waals surface area (Å²) >= 11 is 0. The van der Waals surface area contributed by atoms with Crippen LogP contribution in [0.2, 0.25) is 0 Å². The zero-order valence-corrected chi connectivity index (χ0v) is 16.7. The van der Waals surface area contributed by atoms with E-state index in [0.717, 1.165) is 5.57 Å². The third-order valence-corrected chi connectivity index (χ3v) is 7.05. The average Bonchev–Trinajstić information content (AvgIpc) is 2.53. The number of ether oxygens (including phenoxy) is 1. The smallest absolute Gasteiger partial charge is 0.302 e. The van der Waals surface area contributed by atoms with Gasteiger partial charge in [0.05, 0.1) is 22.9 Å². The molecule has 0 bridgehead atoms. The Bertz CT molecular complexity index is 776. The van der Waals surface area contributed by atoms with Gasteiger partial charge in [-0.25, -0.2) is 8.42 Å². The number of hydrogen-bond acceptors (Lipinski definition) is 5. The lowest BCUT2D eigenvalue weighted by molar-refractivity contribution is -0.151. The lowest BCUT2D eigenvalue weighted by atomic mass is 9.59. The molecule has 0 heterocycles. The van der Waals surface area contributed by atoms with E-state index in [0.29, 0.717) is 17.7 Å². The topological polar surface area (TPSA) is 80.7 Å². The molecule has 1 aliphatic rings. The van der Waals surface area contributed by atoms with Crippen LogP contribution in [-0.4, -0.2) is 37.5 Å². The van der Waals surface area contributed by atoms with Crippen LogP contribution >= 0.6 is 0 Å². The van der Waals surface area contributed by atoms with E-state index in [1.54, 1.807) is 43.3 Å². The first-order valence-electron chi connectivity index (χ1n) is 8.80. The van der Waals surface area contributed by atoms with Gasteiger partial charge < -0.3 is 9.84 Å². The minimum Gasteiger partial charge on any atom is -0.465 e. The molecule has 1 aromatic rings. The van der Waals surface area contributed by atoms with Crippen molar-refractivity contribution in [1.82, 2.24) is 0 Å². The summed E-state index contributed by atoms with van der Waals surface area (Å²) < 4.78 is 30.3. The molecule has 2 unspecified atom stereocenters. The SMILES string of the molecule is CC(=O)OCC1C(C)(O)CC/C(=C\CS(=O)(=O)c2ccccc2)C1(C)C. The minimum absolute atomic E-state index is 0.0851. The van der Waals surface area contributed by atoms with E-state index in [9.17, 15) is 18.3 Å². The van der Waals surface area contributed by atoms with Crippen molar-refractivity contribution in [2.75, 3.05) is 12.4 Å². The van der Waals surface area contributed by atoms with Crippen LogP contribution in [0.1, 0.15) is 40.5 Å². The van der Waals surface area contributed by atoms with Crippen LogP contribution in [0.25, 0.3) is 0 Å². The molecule has 2 atom stereocenters. The molecule has 1 saturated carbocycles. The molecule has 0 aliphatic heterocycles. The molecule has 0 spiro atoms. The Hall–Kier alpha value is -1.66. The van der Waals surface area contributed by atoms with Gasteiger partial charge in [0.1, 0.15) is 0 Å². The molecule has 1 fully saturated rings. The van der Waals surface area contributed by atoms with Crippen LogP contribution < -0.4 is 0 Å². The van der Waals surface area contributed by atoms with Gasteiger partial charge in [0.25, 0.3) is 0 Å². The quantitative estimate of drug-likeness (QED) is 0.627. The summed E-state index contributed by atoms with van der Waals surface area (Å²) in [7, 11) is -3.41. The highest BCUT2D eigenvalue weighted by atomic mass is 32.2. The Balaban J connectivity index is 2.26. The van der Waals surface area contributed by atoms with Gasteiger partial charge >= 0.3 is 5.97 Å². The molecular weight excluding hydrogens is 352 g/mol. The monoisotopic (exact) mass is 380 g/mol. The van der Waals surface area contributed by atoms with Crippen molar-refractivity contribution in [2.24, 2.45) is 11.3 Å². The third kappa shape index (κ3) is 4.54. The second kappa shape index (κ2) is 7.53. The molecule has 1 aromatic carbocycles. The molecule has 0 saturated heterocycles.